The van der Waals surface area contributed by atoms with Gasteiger partial charge in [0.15, 0.2) is 23.0 Å². The Morgan fingerprint density at radius 1 is 0.519 bits per heavy atom. The van der Waals surface area contributed by atoms with Crippen molar-refractivity contribution in [2.24, 2.45) is 17.8 Å². The molecule has 13 aliphatic rings. The zero-order valence-electron chi connectivity index (χ0n) is 75.6. The third kappa shape index (κ3) is 20.8. The van der Waals surface area contributed by atoms with E-state index in [1.807, 2.05) is 31.2 Å². The molecule has 9 fully saturated rings. The molecule has 6 bridgehead atoms. The number of benzene rings is 3. The second-order valence-corrected chi connectivity index (χ2v) is 39.4. The minimum Gasteiger partial charge on any atom is -0.504 e. The number of aliphatic hydroxyl groups is 2. The number of piperidine rings is 3. The Kier molecular flexibility index (Phi) is 29.6. The molecule has 0 radical (unpaired) electrons. The number of hydrogen-bond acceptors (Lipinski definition) is 24. The van der Waals surface area contributed by atoms with Crippen LogP contribution in [-0.4, -0.2) is 286 Å². The van der Waals surface area contributed by atoms with Crippen molar-refractivity contribution in [3.63, 3.8) is 0 Å². The molecule has 131 heavy (non-hydrogen) atoms. The Morgan fingerprint density at radius 2 is 0.969 bits per heavy atom. The number of nitrogens with one attached hydrogen (secondary N) is 8. The number of carboxylic acid groups (broad SMARTS) is 1. The largest absolute Gasteiger partial charge is 0.504 e. The van der Waals surface area contributed by atoms with Crippen LogP contribution in [0.2, 0.25) is 0 Å². The first-order chi connectivity index (χ1) is 63.0. The highest BCUT2D eigenvalue weighted by Gasteiger charge is 2.75. The lowest BCUT2D eigenvalue weighted by Gasteiger charge is -2.64. The van der Waals surface area contributed by atoms with Gasteiger partial charge in [-0.1, -0.05) is 57.4 Å². The van der Waals surface area contributed by atoms with E-state index < -0.39 is 94.4 Å². The second kappa shape index (κ2) is 40.9. The number of phenols is 2. The molecule has 2 spiro atoms. The van der Waals surface area contributed by atoms with Gasteiger partial charge in [0.1, 0.15) is 76.7 Å². The van der Waals surface area contributed by atoms with Crippen LogP contribution in [0.3, 0.4) is 0 Å². The monoisotopic (exact) mass is 1830 g/mol. The Hall–Kier alpha value is -9.27. The fraction of sp³-hybridized carbons (Fsp3) is 0.695. The fourth-order valence-electron chi connectivity index (χ4n) is 23.9. The quantitative estimate of drug-likeness (QED) is 0.0235. The van der Waals surface area contributed by atoms with Gasteiger partial charge >= 0.3 is 5.97 Å². The molecule has 716 valence electrons. The number of phenolic OH excluding ortho intramolecular Hbond substituents is 2. The average Bonchev–Trinajstić information content (AvgIpc) is 1.53. The first-order valence-corrected chi connectivity index (χ1v) is 47.9. The standard InChI is InChI=1S/C64H90F2N10O10.C31H42N4O10/c1-39(2)60-73-72-40(3)76(60)48-32-46-16-17-47(33-48)75(46)29-22-49(71-61(82)43-19-23-62(65,66)24-20-43)42-11-14-45(15-12-42)69-55(80)37-84-35-53(78)67-27-7-5-4-6-8-28-68-54(79)36-85-38-56(81)70-50-21-25-64(83)52-31-44-13-18-51(77)58-57(44)63(64,59(50)86-58)26-30-74(52)34-41-9-10-41;36-21-5-4-19-12-22-31(42)7-6-20(29-30(31,27(19)28(21)45-29)8-11-35(22)13-18-2-3-18)34-25(39)16-43-14-23(37)32-9-1-10-33-24(38)15-44-17-26(40)41/h11-15,18,39,41,43,46-50,52,59,77,83H,4-10,16-17,19-38H2,1-3H3,(H,67,78)(H,68,79)(H,69,80)(H,70,81)(H,71,82);4-5,18,20,22,29,36,42H,1-3,6-17H2,(H,32,37)(H,33,38)(H,34,39)(H,40,41)/t46?,47?,48?,49-,50+,52+,59-,63-,64+;20-,22-,29+,30+,31-/m01/s1. The number of aryl methyl sites for hydroxylation is 1. The van der Waals surface area contributed by atoms with Gasteiger partial charge in [-0.2, -0.15) is 0 Å². The second-order valence-electron chi connectivity index (χ2n) is 39.4. The number of rotatable bonds is 43. The van der Waals surface area contributed by atoms with Gasteiger partial charge in [-0.25, -0.2) is 13.6 Å². The number of aromatic nitrogens is 3. The zero-order chi connectivity index (χ0) is 92.1. The summed E-state index contributed by atoms with van der Waals surface area (Å²) < 4.78 is 64.5. The first kappa shape index (κ1) is 94.9. The zero-order valence-corrected chi connectivity index (χ0v) is 75.6. The lowest BCUT2D eigenvalue weighted by molar-refractivity contribution is -0.192. The number of anilines is 1. The Bertz CT molecular complexity index is 4780. The van der Waals surface area contributed by atoms with Gasteiger partial charge < -0.3 is 101 Å². The summed E-state index contributed by atoms with van der Waals surface area (Å²) in [6.07, 6.45) is 17.8. The Balaban J connectivity index is 0.000000233. The number of unbranched alkanes of at least 4 members (excludes halogenated alkanes) is 4. The molecule has 8 amide bonds. The van der Waals surface area contributed by atoms with Crippen molar-refractivity contribution in [2.75, 3.05) is 117 Å². The topological polar surface area (TPSA) is 447 Å². The third-order valence-electron chi connectivity index (χ3n) is 30.4. The highest BCUT2D eigenvalue weighted by atomic mass is 19.3. The minimum absolute atomic E-state index is 0.0466. The van der Waals surface area contributed by atoms with Crippen LogP contribution < -0.4 is 52.0 Å². The van der Waals surface area contributed by atoms with Crippen molar-refractivity contribution < 1.29 is 106 Å². The molecule has 4 aromatic rings. The lowest BCUT2D eigenvalue weighted by atomic mass is 9.48. The van der Waals surface area contributed by atoms with E-state index in [1.165, 1.54) is 25.7 Å². The summed E-state index contributed by atoms with van der Waals surface area (Å²) in [4.78, 5) is 119. The molecule has 7 aliphatic carbocycles. The SMILES string of the molecule is Cc1nnc(C(C)C)n1C1CC2CCC(C1)N2CC[C@H](NC(=O)C1CCC(F)(F)CC1)c1ccc(NC(=O)COCC(=O)NCCCCCCCNC(=O)COCC(=O)N[C@@H]2CC[C@@]3(O)[C@H]4Cc5ccc(O)c6c5[C@@]3(CCN4CC3CC3)[C@H]2O6)cc1.O=C(O)COCC(=O)NCCCNC(=O)COCC(=O)N[C@@H]1CC[C@@]2(O)[C@H]3Cc4ccc(O)c5c4[C@@]2(CCN3CC2CC2)[C@H]1O5. The number of likely N-dealkylation sites (tertiary alicyclic amines) is 2. The molecule has 4 saturated heterocycles. The van der Waals surface area contributed by atoms with Gasteiger partial charge in [0, 0.05) is 118 Å². The van der Waals surface area contributed by atoms with Crippen LogP contribution >= 0.6 is 0 Å². The molecule has 36 heteroatoms. The summed E-state index contributed by atoms with van der Waals surface area (Å²) in [6.45, 7) is 9.44. The summed E-state index contributed by atoms with van der Waals surface area (Å²) in [5.41, 5.74) is 1.82. The molecule has 13 atom stereocenters. The molecule has 6 aliphatic heterocycles. The summed E-state index contributed by atoms with van der Waals surface area (Å²) in [5.74, 6) is -2.69. The molecule has 13 N–H and O–H groups in total. The van der Waals surface area contributed by atoms with E-state index in [1.54, 1.807) is 24.3 Å². The Morgan fingerprint density at radius 3 is 1.44 bits per heavy atom. The third-order valence-corrected chi connectivity index (χ3v) is 30.4. The van der Waals surface area contributed by atoms with Crippen LogP contribution in [0.15, 0.2) is 48.5 Å². The highest BCUT2D eigenvalue weighted by Crippen LogP contribution is 2.68. The number of nitrogens with zero attached hydrogens (tertiary/aromatic N) is 6. The van der Waals surface area contributed by atoms with E-state index in [4.69, 9.17) is 33.5 Å². The predicted octanol–water partition coefficient (Wildman–Crippen LogP) is 5.74. The van der Waals surface area contributed by atoms with Crippen LogP contribution in [0.25, 0.3) is 0 Å². The number of fused-ring (bicyclic) bond motifs is 2. The van der Waals surface area contributed by atoms with Crippen LogP contribution in [0.1, 0.15) is 232 Å². The number of hydrogen-bond donors (Lipinski definition) is 13. The minimum atomic E-state index is -2.73. The number of amides is 8. The number of alkyl halides is 2. The van der Waals surface area contributed by atoms with Gasteiger partial charge in [0.25, 0.3) is 0 Å². The average molecular weight is 1830 g/mol. The smallest absolute Gasteiger partial charge is 0.329 e. The van der Waals surface area contributed by atoms with Gasteiger partial charge in [-0.05, 0) is 214 Å². The van der Waals surface area contributed by atoms with Crippen LogP contribution in [0, 0.1) is 24.7 Å². The maximum Gasteiger partial charge on any atom is 0.329 e. The van der Waals surface area contributed by atoms with E-state index in [0.29, 0.717) is 124 Å². The number of aromatic hydroxyl groups is 2. The lowest BCUT2D eigenvalue weighted by Crippen LogP contribution is -2.78. The summed E-state index contributed by atoms with van der Waals surface area (Å²) >= 11 is 0. The highest BCUT2D eigenvalue weighted by molar-refractivity contribution is 5.92. The van der Waals surface area contributed by atoms with E-state index >= 15 is 0 Å². The normalized spacial score (nSPS) is 28.2. The molecule has 2 unspecified atom stereocenters. The van der Waals surface area contributed by atoms with E-state index in [2.05, 4.69) is 85.8 Å². The molecule has 7 heterocycles. The molecular weight excluding hydrogens is 1700 g/mol. The number of ether oxygens (including phenoxy) is 6. The van der Waals surface area contributed by atoms with Crippen molar-refractivity contribution in [3.8, 4) is 23.0 Å². The van der Waals surface area contributed by atoms with Crippen LogP contribution in [0.5, 0.6) is 23.0 Å². The maximum absolute atomic E-state index is 14.0. The van der Waals surface area contributed by atoms with E-state index in [9.17, 15) is 72.4 Å². The van der Waals surface area contributed by atoms with E-state index in [-0.39, 0.29) is 144 Å². The number of carboxylic acids is 1. The molecule has 3 aromatic carbocycles. The van der Waals surface area contributed by atoms with Crippen LogP contribution in [0.4, 0.5) is 14.5 Å². The van der Waals surface area contributed by atoms with Crippen molar-refractivity contribution in [1.82, 2.24) is 66.7 Å². The first-order valence-electron chi connectivity index (χ1n) is 47.9. The van der Waals surface area contributed by atoms with Crippen molar-refractivity contribution in [2.45, 2.75) is 289 Å². The van der Waals surface area contributed by atoms with Gasteiger partial charge in [0.2, 0.25) is 53.2 Å². The van der Waals surface area contributed by atoms with Crippen LogP contribution in [-0.2, 0) is 85.8 Å². The Labute approximate surface area is 762 Å². The van der Waals surface area contributed by atoms with Crippen molar-refractivity contribution in [1.29, 1.82) is 0 Å². The van der Waals surface area contributed by atoms with Gasteiger partial charge in [0.05, 0.1) is 40.2 Å². The number of carbonyl (C=O) groups is 9. The number of aliphatic carboxylic acids is 1. The fourth-order valence-corrected chi connectivity index (χ4v) is 23.9. The number of halogens is 2. The van der Waals surface area contributed by atoms with Crippen molar-refractivity contribution in [3.05, 3.63) is 88.0 Å². The molecule has 17 rings (SSSR count). The summed E-state index contributed by atoms with van der Waals surface area (Å²) in [7, 11) is 0. The predicted molar refractivity (Wildman–Crippen MR) is 472 cm³/mol. The van der Waals surface area contributed by atoms with Gasteiger partial charge in [-0.3, -0.25) is 53.1 Å². The molecule has 1 aromatic heterocycles. The van der Waals surface area contributed by atoms with E-state index in [0.717, 1.165) is 130 Å². The van der Waals surface area contributed by atoms with Gasteiger partial charge in [-0.15, -0.1) is 10.2 Å². The molecule has 5 saturated carbocycles. The van der Waals surface area contributed by atoms with Crippen molar-refractivity contribution >= 4 is 58.9 Å². The maximum atomic E-state index is 14.0. The molecular formula is C95H132F2N14O20. The molecule has 34 nitrogen and oxygen atoms in total. The number of carbonyl (C=O) groups excluding carboxylic acids is 8. The summed E-state index contributed by atoms with van der Waals surface area (Å²) in [5, 5.41) is 87.3. The summed E-state index contributed by atoms with van der Waals surface area (Å²) in [6, 6.07) is 14.4.